The third kappa shape index (κ3) is 5.28. The number of likely N-dealkylation sites (tertiary alicyclic amines) is 1. The van der Waals surface area contributed by atoms with Crippen LogP contribution in [-0.2, 0) is 13.1 Å². The molecular formula is C21H27N3S. The summed E-state index contributed by atoms with van der Waals surface area (Å²) >= 11 is 5.40. The van der Waals surface area contributed by atoms with Gasteiger partial charge in [0.05, 0.1) is 0 Å². The van der Waals surface area contributed by atoms with E-state index in [0.717, 1.165) is 18.8 Å². The third-order valence-electron chi connectivity index (χ3n) is 4.85. The van der Waals surface area contributed by atoms with E-state index in [0.29, 0.717) is 5.11 Å². The van der Waals surface area contributed by atoms with Crippen LogP contribution in [0.5, 0.6) is 0 Å². The molecule has 3 rings (SSSR count). The molecule has 0 bridgehead atoms. The van der Waals surface area contributed by atoms with Gasteiger partial charge in [0.2, 0.25) is 0 Å². The average molecular weight is 354 g/mol. The number of aryl methyl sites for hydroxylation is 2. The van der Waals surface area contributed by atoms with Gasteiger partial charge in [-0.15, -0.1) is 0 Å². The summed E-state index contributed by atoms with van der Waals surface area (Å²) in [6, 6.07) is 15.1. The van der Waals surface area contributed by atoms with Crippen LogP contribution in [0.25, 0.3) is 0 Å². The molecule has 4 heteroatoms. The Balaban J connectivity index is 1.47. The summed E-state index contributed by atoms with van der Waals surface area (Å²) in [4.78, 5) is 2.52. The Morgan fingerprint density at radius 2 is 1.64 bits per heavy atom. The van der Waals surface area contributed by atoms with Crippen LogP contribution >= 0.6 is 12.2 Å². The molecule has 3 nitrogen and oxygen atoms in total. The van der Waals surface area contributed by atoms with Crippen molar-refractivity contribution in [2.24, 2.45) is 0 Å². The molecule has 1 fully saturated rings. The quantitative estimate of drug-likeness (QED) is 0.780. The van der Waals surface area contributed by atoms with Gasteiger partial charge in [-0.05, 0) is 86.4 Å². The maximum Gasteiger partial charge on any atom is 0.171 e. The largest absolute Gasteiger partial charge is 0.358 e. The van der Waals surface area contributed by atoms with E-state index in [-0.39, 0.29) is 0 Å². The van der Waals surface area contributed by atoms with Crippen LogP contribution in [0.2, 0.25) is 0 Å². The fourth-order valence-corrected chi connectivity index (χ4v) is 3.33. The summed E-state index contributed by atoms with van der Waals surface area (Å²) in [5.74, 6) is 0. The molecule has 1 aliphatic heterocycles. The summed E-state index contributed by atoms with van der Waals surface area (Å²) in [6.45, 7) is 8.51. The van der Waals surface area contributed by atoms with E-state index in [1.807, 2.05) is 0 Å². The molecule has 2 N–H and O–H groups in total. The van der Waals surface area contributed by atoms with E-state index in [9.17, 15) is 0 Å². The molecular weight excluding hydrogens is 326 g/mol. The lowest BCUT2D eigenvalue weighted by atomic mass is 10.1. The second kappa shape index (κ2) is 8.45. The van der Waals surface area contributed by atoms with Gasteiger partial charge in [0, 0.05) is 18.8 Å². The first kappa shape index (κ1) is 17.9. The highest BCUT2D eigenvalue weighted by molar-refractivity contribution is 7.80. The molecule has 0 saturated carbocycles. The zero-order valence-corrected chi connectivity index (χ0v) is 16.0. The number of hydrogen-bond donors (Lipinski definition) is 2. The van der Waals surface area contributed by atoms with Crippen molar-refractivity contribution < 1.29 is 0 Å². The summed E-state index contributed by atoms with van der Waals surface area (Å²) in [6.07, 6.45) is 2.68. The van der Waals surface area contributed by atoms with Gasteiger partial charge in [-0.3, -0.25) is 4.90 Å². The molecule has 25 heavy (non-hydrogen) atoms. The molecule has 0 unspecified atom stereocenters. The molecule has 1 saturated heterocycles. The summed E-state index contributed by atoms with van der Waals surface area (Å²) in [5.41, 5.74) is 6.22. The number of benzene rings is 2. The Kier molecular flexibility index (Phi) is 6.05. The monoisotopic (exact) mass is 353 g/mol. The van der Waals surface area contributed by atoms with E-state index < -0.39 is 0 Å². The Labute approximate surface area is 156 Å². The molecule has 1 heterocycles. The molecule has 0 spiro atoms. The Hall–Kier alpha value is -1.91. The number of nitrogens with one attached hydrogen (secondary N) is 2. The third-order valence-corrected chi connectivity index (χ3v) is 5.09. The average Bonchev–Trinajstić information content (AvgIpc) is 3.11. The smallest absolute Gasteiger partial charge is 0.171 e. The minimum absolute atomic E-state index is 0.657. The topological polar surface area (TPSA) is 27.3 Å². The zero-order chi connectivity index (χ0) is 17.6. The number of rotatable bonds is 5. The van der Waals surface area contributed by atoms with Gasteiger partial charge in [0.15, 0.2) is 5.11 Å². The van der Waals surface area contributed by atoms with E-state index in [2.05, 4.69) is 71.8 Å². The van der Waals surface area contributed by atoms with E-state index in [4.69, 9.17) is 12.2 Å². The molecule has 1 aliphatic rings. The Morgan fingerprint density at radius 1 is 0.960 bits per heavy atom. The van der Waals surface area contributed by atoms with Crippen molar-refractivity contribution in [3.05, 3.63) is 64.7 Å². The highest BCUT2D eigenvalue weighted by Gasteiger charge is 2.11. The standard InChI is InChI=1S/C21H27N3S/c1-16-5-10-20(13-17(16)2)23-21(25)22-14-18-6-8-19(9-7-18)15-24-11-3-4-12-24/h5-10,13H,3-4,11-12,14-15H2,1-2H3,(H2,22,23,25). The van der Waals surface area contributed by atoms with Crippen molar-refractivity contribution in [1.29, 1.82) is 0 Å². The van der Waals surface area contributed by atoms with Gasteiger partial charge >= 0.3 is 0 Å². The van der Waals surface area contributed by atoms with E-state index >= 15 is 0 Å². The summed E-state index contributed by atoms with van der Waals surface area (Å²) < 4.78 is 0. The molecule has 2 aromatic rings. The van der Waals surface area contributed by atoms with Crippen molar-refractivity contribution >= 4 is 23.0 Å². The Morgan fingerprint density at radius 3 is 2.32 bits per heavy atom. The maximum absolute atomic E-state index is 5.40. The normalized spacial score (nSPS) is 14.5. The predicted octanol–water partition coefficient (Wildman–Crippen LogP) is 4.39. The van der Waals surface area contributed by atoms with Gasteiger partial charge < -0.3 is 10.6 Å². The predicted molar refractivity (Wildman–Crippen MR) is 110 cm³/mol. The summed E-state index contributed by atoms with van der Waals surface area (Å²) in [7, 11) is 0. The first-order chi connectivity index (χ1) is 12.1. The van der Waals surface area contributed by atoms with E-state index in [1.54, 1.807) is 0 Å². The van der Waals surface area contributed by atoms with E-state index in [1.165, 1.54) is 48.2 Å². The zero-order valence-electron chi connectivity index (χ0n) is 15.1. The van der Waals surface area contributed by atoms with Crippen molar-refractivity contribution in [3.8, 4) is 0 Å². The molecule has 0 aromatic heterocycles. The number of anilines is 1. The SMILES string of the molecule is Cc1ccc(NC(=S)NCc2ccc(CN3CCCC3)cc2)cc1C. The van der Waals surface area contributed by atoms with Crippen LogP contribution < -0.4 is 10.6 Å². The minimum Gasteiger partial charge on any atom is -0.358 e. The van der Waals surface area contributed by atoms with Crippen LogP contribution in [0.15, 0.2) is 42.5 Å². The highest BCUT2D eigenvalue weighted by Crippen LogP contribution is 2.15. The molecule has 132 valence electrons. The molecule has 2 aromatic carbocycles. The first-order valence-corrected chi connectivity index (χ1v) is 9.43. The summed E-state index contributed by atoms with van der Waals surface area (Å²) in [5, 5.41) is 7.19. The van der Waals surface area contributed by atoms with Crippen LogP contribution in [0, 0.1) is 13.8 Å². The number of thiocarbonyl (C=S) groups is 1. The van der Waals surface area contributed by atoms with Crippen molar-refractivity contribution in [2.45, 2.75) is 39.8 Å². The van der Waals surface area contributed by atoms with Crippen LogP contribution in [0.3, 0.4) is 0 Å². The fraction of sp³-hybridized carbons (Fsp3) is 0.381. The van der Waals surface area contributed by atoms with Crippen LogP contribution in [-0.4, -0.2) is 23.1 Å². The highest BCUT2D eigenvalue weighted by atomic mass is 32.1. The lowest BCUT2D eigenvalue weighted by molar-refractivity contribution is 0.331. The Bertz CT molecular complexity index is 718. The van der Waals surface area contributed by atoms with Crippen LogP contribution in [0.1, 0.15) is 35.1 Å². The van der Waals surface area contributed by atoms with Gasteiger partial charge in [0.25, 0.3) is 0 Å². The van der Waals surface area contributed by atoms with Crippen molar-refractivity contribution in [1.82, 2.24) is 10.2 Å². The van der Waals surface area contributed by atoms with Gasteiger partial charge in [-0.2, -0.15) is 0 Å². The van der Waals surface area contributed by atoms with Gasteiger partial charge in [0.1, 0.15) is 0 Å². The van der Waals surface area contributed by atoms with Gasteiger partial charge in [-0.25, -0.2) is 0 Å². The van der Waals surface area contributed by atoms with Crippen molar-refractivity contribution in [2.75, 3.05) is 18.4 Å². The maximum atomic E-state index is 5.40. The lowest BCUT2D eigenvalue weighted by Crippen LogP contribution is -2.27. The fourth-order valence-electron chi connectivity index (χ4n) is 3.14. The second-order valence-corrected chi connectivity index (χ2v) is 7.31. The number of nitrogens with zero attached hydrogens (tertiary/aromatic N) is 1. The second-order valence-electron chi connectivity index (χ2n) is 6.91. The van der Waals surface area contributed by atoms with Crippen LogP contribution in [0.4, 0.5) is 5.69 Å². The molecule has 0 atom stereocenters. The molecule has 0 radical (unpaired) electrons. The molecule has 0 amide bonds. The lowest BCUT2D eigenvalue weighted by Gasteiger charge is -2.15. The molecule has 0 aliphatic carbocycles. The number of hydrogen-bond acceptors (Lipinski definition) is 2. The minimum atomic E-state index is 0.657. The van der Waals surface area contributed by atoms with Crippen molar-refractivity contribution in [3.63, 3.8) is 0 Å². The first-order valence-electron chi connectivity index (χ1n) is 9.02. The van der Waals surface area contributed by atoms with Gasteiger partial charge in [-0.1, -0.05) is 30.3 Å².